The van der Waals surface area contributed by atoms with Gasteiger partial charge in [0, 0.05) is 34.7 Å². The number of hydrogen-bond acceptors (Lipinski definition) is 2. The number of ketones is 1. The highest BCUT2D eigenvalue weighted by Gasteiger charge is 2.75. The molecule has 9 atom stereocenters. The van der Waals surface area contributed by atoms with Gasteiger partial charge < -0.3 is 0 Å². The molecule has 0 radical (unpaired) electrons. The maximum atomic E-state index is 13.0. The van der Waals surface area contributed by atoms with E-state index in [0.29, 0.717) is 44.8 Å². The molecule has 6 aliphatic rings. The maximum Gasteiger partial charge on any atom is 0.138 e. The largest absolute Gasteiger partial charge is 0.299 e. The summed E-state index contributed by atoms with van der Waals surface area (Å²) in [6.07, 6.45) is 12.8. The van der Waals surface area contributed by atoms with Crippen LogP contribution in [0.4, 0.5) is 0 Å². The maximum absolute atomic E-state index is 13.0. The molecule has 5 aliphatic carbocycles. The van der Waals surface area contributed by atoms with Crippen molar-refractivity contribution in [3.8, 4) is 0 Å². The predicted molar refractivity (Wildman–Crippen MR) is 169 cm³/mol. The van der Waals surface area contributed by atoms with Gasteiger partial charge in [0.2, 0.25) is 0 Å². The summed E-state index contributed by atoms with van der Waals surface area (Å²) in [5.41, 5.74) is 3.18. The molecule has 0 aromatic rings. The van der Waals surface area contributed by atoms with Crippen LogP contribution in [0.3, 0.4) is 0 Å². The third kappa shape index (κ3) is 3.50. The van der Waals surface area contributed by atoms with E-state index in [4.69, 9.17) is 0 Å². The van der Waals surface area contributed by atoms with Gasteiger partial charge in [-0.25, -0.2) is 0 Å². The Morgan fingerprint density at radius 1 is 0.789 bits per heavy atom. The van der Waals surface area contributed by atoms with Gasteiger partial charge in [0.1, 0.15) is 5.78 Å². The average Bonchev–Trinajstić information content (AvgIpc) is 3.66. The van der Waals surface area contributed by atoms with Crippen molar-refractivity contribution in [1.29, 1.82) is 0 Å². The lowest BCUT2D eigenvalue weighted by Gasteiger charge is -2.76. The molecular weight excluding hydrogens is 462 g/mol. The minimum absolute atomic E-state index is 0. The fourth-order valence-corrected chi connectivity index (χ4v) is 12.5. The molecule has 1 saturated heterocycles. The van der Waals surface area contributed by atoms with E-state index in [2.05, 4.69) is 86.3 Å². The van der Waals surface area contributed by atoms with E-state index in [1.807, 2.05) is 0 Å². The molecule has 0 spiro atoms. The second kappa shape index (κ2) is 9.46. The SMILES string of the molecule is C=C.C=C.C=C(C)[C@@H]1CC[C@]2(N3CC3)CC[C@]3(C)[C@](C)(CCC4[C@@]5(C)CCC(=O)C(C)(C)[C@@H]5CC[C@]43C)C12.[HH].[HH].[HH]. The fourth-order valence-electron chi connectivity index (χ4n) is 12.5. The van der Waals surface area contributed by atoms with E-state index in [1.165, 1.54) is 70.0 Å². The highest BCUT2D eigenvalue weighted by molar-refractivity contribution is 5.85. The summed E-state index contributed by atoms with van der Waals surface area (Å²) in [7, 11) is 0. The molecule has 0 aromatic carbocycles. The molecule has 38 heavy (non-hydrogen) atoms. The van der Waals surface area contributed by atoms with E-state index >= 15 is 0 Å². The fraction of sp³-hybridized carbons (Fsp3) is 0.806. The smallest absolute Gasteiger partial charge is 0.138 e. The lowest BCUT2D eigenvalue weighted by molar-refractivity contribution is -0.265. The van der Waals surface area contributed by atoms with E-state index in [1.54, 1.807) is 0 Å². The third-order valence-electron chi connectivity index (χ3n) is 14.6. The highest BCUT2D eigenvalue weighted by Crippen LogP contribution is 2.80. The molecule has 2 unspecified atom stereocenters. The van der Waals surface area contributed by atoms with Gasteiger partial charge in [-0.1, -0.05) is 53.7 Å². The van der Waals surface area contributed by atoms with Gasteiger partial charge in [-0.2, -0.15) is 0 Å². The topological polar surface area (TPSA) is 20.1 Å². The zero-order valence-corrected chi connectivity index (χ0v) is 26.2. The first kappa shape index (κ1) is 29.8. The van der Waals surface area contributed by atoms with Crippen molar-refractivity contribution in [3.63, 3.8) is 0 Å². The number of rotatable bonds is 2. The Balaban J connectivity index is 0.00000115. The van der Waals surface area contributed by atoms with Crippen LogP contribution in [0.5, 0.6) is 0 Å². The summed E-state index contributed by atoms with van der Waals surface area (Å²) in [4.78, 5) is 15.9. The Morgan fingerprint density at radius 3 is 1.95 bits per heavy atom. The van der Waals surface area contributed by atoms with Gasteiger partial charge >= 0.3 is 0 Å². The third-order valence-corrected chi connectivity index (χ3v) is 14.6. The zero-order chi connectivity index (χ0) is 28.5. The van der Waals surface area contributed by atoms with Crippen molar-refractivity contribution in [2.75, 3.05) is 13.1 Å². The van der Waals surface area contributed by atoms with Crippen molar-refractivity contribution in [1.82, 2.24) is 4.90 Å². The number of nitrogens with zero attached hydrogens (tertiary/aromatic N) is 1. The molecular formula is C36H65NO. The summed E-state index contributed by atoms with van der Waals surface area (Å²) >= 11 is 0. The van der Waals surface area contributed by atoms with Gasteiger partial charge in [-0.3, -0.25) is 9.69 Å². The number of carbonyl (C=O) groups is 1. The lowest BCUT2D eigenvalue weighted by Crippen LogP contribution is -2.71. The van der Waals surface area contributed by atoms with Crippen LogP contribution in [-0.4, -0.2) is 29.3 Å². The standard InChI is InChI=1S/C32H51NO.2C2H4.3H2/c1-21(2)22-9-16-32(33-19-20-33)18-17-31(8)29(6)14-10-23-27(3,4)25(34)12-13-28(23,5)24(29)11-15-30(31,7)26(22)32;2*1-2;;;/h22-24,26H,1,9-20H2,2-8H3;2*1-2H2;3*1H/t22-,23-,24?,26?,28-,29+,30+,31-,32-;;;;;/m0...../s1. The minimum atomic E-state index is -0.145. The van der Waals surface area contributed by atoms with Crippen molar-refractivity contribution >= 4 is 5.78 Å². The Morgan fingerprint density at radius 2 is 1.37 bits per heavy atom. The summed E-state index contributed by atoms with van der Waals surface area (Å²) < 4.78 is 0. The minimum Gasteiger partial charge on any atom is -0.299 e. The van der Waals surface area contributed by atoms with E-state index in [9.17, 15) is 4.79 Å². The van der Waals surface area contributed by atoms with Crippen LogP contribution in [0.2, 0.25) is 0 Å². The van der Waals surface area contributed by atoms with Crippen molar-refractivity contribution < 1.29 is 9.07 Å². The molecule has 0 bridgehead atoms. The first-order valence-corrected chi connectivity index (χ1v) is 15.7. The summed E-state index contributed by atoms with van der Waals surface area (Å²) in [6.45, 7) is 37.0. The molecule has 2 heteroatoms. The Bertz CT molecular complexity index is 976. The molecule has 0 N–H and O–H groups in total. The summed E-state index contributed by atoms with van der Waals surface area (Å²) in [5, 5.41) is 0. The van der Waals surface area contributed by atoms with Crippen molar-refractivity contribution in [2.24, 2.45) is 50.7 Å². The van der Waals surface area contributed by atoms with Crippen molar-refractivity contribution in [3.05, 3.63) is 38.5 Å². The number of fused-ring (bicyclic) bond motifs is 7. The van der Waals surface area contributed by atoms with Gasteiger partial charge in [0.05, 0.1) is 0 Å². The number of Topliss-reactive ketones (excluding diaryl/α,β-unsaturated/α-hetero) is 1. The average molecular weight is 528 g/mol. The van der Waals surface area contributed by atoms with Crippen LogP contribution in [-0.2, 0) is 4.79 Å². The summed E-state index contributed by atoms with van der Waals surface area (Å²) in [5.74, 6) is 3.31. The molecule has 0 amide bonds. The molecule has 2 nitrogen and oxygen atoms in total. The number of allylic oxidation sites excluding steroid dienone is 1. The molecule has 220 valence electrons. The number of hydrogen-bond donors (Lipinski definition) is 0. The van der Waals surface area contributed by atoms with Crippen LogP contribution in [0.25, 0.3) is 0 Å². The van der Waals surface area contributed by atoms with E-state index in [0.717, 1.165) is 24.7 Å². The second-order valence-electron chi connectivity index (χ2n) is 15.6. The molecule has 6 rings (SSSR count). The zero-order valence-electron chi connectivity index (χ0n) is 26.2. The van der Waals surface area contributed by atoms with E-state index in [-0.39, 0.29) is 9.69 Å². The quantitative estimate of drug-likeness (QED) is 0.263. The first-order valence-electron chi connectivity index (χ1n) is 15.7. The van der Waals surface area contributed by atoms with Crippen LogP contribution in [0.15, 0.2) is 38.5 Å². The monoisotopic (exact) mass is 528 g/mol. The van der Waals surface area contributed by atoms with Gasteiger partial charge in [0.25, 0.3) is 0 Å². The molecule has 0 aromatic heterocycles. The predicted octanol–water partition coefficient (Wildman–Crippen LogP) is 10.0. The Hall–Kier alpha value is -1.15. The van der Waals surface area contributed by atoms with Crippen LogP contribution in [0, 0.1) is 50.7 Å². The van der Waals surface area contributed by atoms with Gasteiger partial charge in [0.15, 0.2) is 0 Å². The van der Waals surface area contributed by atoms with Gasteiger partial charge in [-0.05, 0) is 110 Å². The van der Waals surface area contributed by atoms with Crippen LogP contribution in [0.1, 0.15) is 117 Å². The molecule has 1 heterocycles. The van der Waals surface area contributed by atoms with E-state index < -0.39 is 0 Å². The van der Waals surface area contributed by atoms with Crippen LogP contribution < -0.4 is 0 Å². The summed E-state index contributed by atoms with van der Waals surface area (Å²) in [6, 6.07) is 0. The van der Waals surface area contributed by atoms with Crippen LogP contribution >= 0.6 is 0 Å². The lowest BCUT2D eigenvalue weighted by atomic mass is 9.29. The van der Waals surface area contributed by atoms with Crippen molar-refractivity contribution in [2.45, 2.75) is 118 Å². The molecule has 6 fully saturated rings. The Kier molecular flexibility index (Phi) is 7.42. The highest BCUT2D eigenvalue weighted by atomic mass is 16.1. The molecule has 1 aliphatic heterocycles. The Labute approximate surface area is 240 Å². The normalized spacial score (nSPS) is 50.4. The first-order chi connectivity index (χ1) is 17.8. The second-order valence-corrected chi connectivity index (χ2v) is 15.6. The molecule has 5 saturated carbocycles. The van der Waals surface area contributed by atoms with Gasteiger partial charge in [-0.15, -0.1) is 26.3 Å². The number of carbonyl (C=O) groups excluding carboxylic acids is 1.